The van der Waals surface area contributed by atoms with Gasteiger partial charge in [0.1, 0.15) is 0 Å². The maximum atomic E-state index is 11.2. The van der Waals surface area contributed by atoms with Gasteiger partial charge in [-0.2, -0.15) is 0 Å². The second-order valence-electron chi connectivity index (χ2n) is 6.78. The summed E-state index contributed by atoms with van der Waals surface area (Å²) in [4.78, 5) is 11.2. The highest BCUT2D eigenvalue weighted by Gasteiger charge is 2.03. The van der Waals surface area contributed by atoms with Crippen LogP contribution in [-0.2, 0) is 9.53 Å². The van der Waals surface area contributed by atoms with Gasteiger partial charge < -0.3 is 4.74 Å². The summed E-state index contributed by atoms with van der Waals surface area (Å²) in [6.07, 6.45) is 15.8. The van der Waals surface area contributed by atoms with Crippen molar-refractivity contribution in [2.24, 2.45) is 5.92 Å². The molecule has 2 nitrogen and oxygen atoms in total. The monoisotopic (exact) mass is 310 g/mol. The molecule has 0 aliphatic carbocycles. The number of hydrogen-bond donors (Lipinski definition) is 0. The Labute approximate surface area is 138 Å². The predicted molar refractivity (Wildman–Crippen MR) is 96.0 cm³/mol. The van der Waals surface area contributed by atoms with Crippen LogP contribution in [0.1, 0.15) is 97.8 Å². The van der Waals surface area contributed by atoms with Crippen LogP contribution in [0.5, 0.6) is 0 Å². The fourth-order valence-corrected chi connectivity index (χ4v) is 2.65. The van der Waals surface area contributed by atoms with E-state index in [0.29, 0.717) is 12.2 Å². The third kappa shape index (κ3) is 14.2. The summed E-state index contributed by atoms with van der Waals surface area (Å²) in [5.41, 5.74) is 0.489. The lowest BCUT2D eigenvalue weighted by molar-refractivity contribution is -0.139. The van der Waals surface area contributed by atoms with Crippen LogP contribution in [0.3, 0.4) is 0 Å². The molecule has 2 heteroatoms. The zero-order chi connectivity index (χ0) is 16.6. The lowest BCUT2D eigenvalue weighted by Gasteiger charge is -2.11. The molecule has 0 aliphatic heterocycles. The molecule has 0 saturated carbocycles. The molecule has 0 aromatic heterocycles. The van der Waals surface area contributed by atoms with Crippen molar-refractivity contribution in [2.75, 3.05) is 6.61 Å². The first-order valence-corrected chi connectivity index (χ1v) is 9.40. The Morgan fingerprint density at radius 1 is 0.909 bits per heavy atom. The van der Waals surface area contributed by atoms with Gasteiger partial charge in [0.15, 0.2) is 0 Å². The number of rotatable bonds is 15. The van der Waals surface area contributed by atoms with Crippen molar-refractivity contribution in [3.8, 4) is 0 Å². The Hall–Kier alpha value is -0.790. The van der Waals surface area contributed by atoms with E-state index in [1.165, 1.54) is 64.2 Å². The highest BCUT2D eigenvalue weighted by atomic mass is 16.5. The highest BCUT2D eigenvalue weighted by Crippen LogP contribution is 2.18. The minimum absolute atomic E-state index is 0.257. The van der Waals surface area contributed by atoms with Crippen LogP contribution in [0.2, 0.25) is 0 Å². The first-order chi connectivity index (χ1) is 10.6. The maximum absolute atomic E-state index is 11.2. The molecule has 0 radical (unpaired) electrons. The van der Waals surface area contributed by atoms with Gasteiger partial charge in [-0.25, -0.2) is 4.79 Å². The van der Waals surface area contributed by atoms with Crippen LogP contribution in [0.4, 0.5) is 0 Å². The van der Waals surface area contributed by atoms with Crippen LogP contribution in [0, 0.1) is 5.92 Å². The third-order valence-corrected chi connectivity index (χ3v) is 4.22. The lowest BCUT2D eigenvalue weighted by atomic mass is 9.96. The molecule has 0 aliphatic rings. The average Bonchev–Trinajstić information content (AvgIpc) is 2.49. The van der Waals surface area contributed by atoms with E-state index in [9.17, 15) is 4.79 Å². The van der Waals surface area contributed by atoms with Crippen molar-refractivity contribution in [3.05, 3.63) is 12.2 Å². The summed E-state index contributed by atoms with van der Waals surface area (Å²) in [6, 6.07) is 0. The molecule has 0 rings (SSSR count). The van der Waals surface area contributed by atoms with E-state index >= 15 is 0 Å². The summed E-state index contributed by atoms with van der Waals surface area (Å²) in [5, 5.41) is 0. The molecule has 0 spiro atoms. The molecule has 0 aromatic carbocycles. The average molecular weight is 311 g/mol. The molecule has 0 amide bonds. The van der Waals surface area contributed by atoms with Crippen molar-refractivity contribution in [1.29, 1.82) is 0 Å². The van der Waals surface area contributed by atoms with Gasteiger partial charge in [-0.1, -0.05) is 91.1 Å². The predicted octanol–water partition coefficient (Wildman–Crippen LogP) is 6.44. The molecular formula is C20H38O2. The molecule has 0 aromatic rings. The normalized spacial score (nSPS) is 12.1. The van der Waals surface area contributed by atoms with E-state index in [0.717, 1.165) is 18.8 Å². The van der Waals surface area contributed by atoms with Crippen LogP contribution >= 0.6 is 0 Å². The molecule has 130 valence electrons. The Morgan fingerprint density at radius 3 is 1.95 bits per heavy atom. The molecule has 0 bridgehead atoms. The largest absolute Gasteiger partial charge is 0.462 e. The van der Waals surface area contributed by atoms with Gasteiger partial charge in [-0.3, -0.25) is 0 Å². The van der Waals surface area contributed by atoms with Crippen LogP contribution in [0.25, 0.3) is 0 Å². The zero-order valence-corrected chi connectivity index (χ0v) is 15.3. The Balaban J connectivity index is 3.26. The topological polar surface area (TPSA) is 26.3 Å². The summed E-state index contributed by atoms with van der Waals surface area (Å²) < 4.78 is 5.09. The molecule has 22 heavy (non-hydrogen) atoms. The Kier molecular flexibility index (Phi) is 14.6. The quantitative estimate of drug-likeness (QED) is 0.197. The van der Waals surface area contributed by atoms with E-state index in [2.05, 4.69) is 20.4 Å². The number of ether oxygens (including phenoxy) is 1. The summed E-state index contributed by atoms with van der Waals surface area (Å²) in [5.74, 6) is 0.611. The van der Waals surface area contributed by atoms with Crippen LogP contribution in [0.15, 0.2) is 12.2 Å². The third-order valence-electron chi connectivity index (χ3n) is 4.22. The van der Waals surface area contributed by atoms with Gasteiger partial charge in [-0.05, 0) is 19.3 Å². The van der Waals surface area contributed by atoms with Crippen molar-refractivity contribution in [3.63, 3.8) is 0 Å². The van der Waals surface area contributed by atoms with Crippen molar-refractivity contribution in [1.82, 2.24) is 0 Å². The molecule has 0 N–H and O–H groups in total. The molecule has 1 atom stereocenters. The smallest absolute Gasteiger partial charge is 0.333 e. The van der Waals surface area contributed by atoms with Gasteiger partial charge in [0.25, 0.3) is 0 Å². The second kappa shape index (κ2) is 15.1. The standard InChI is InChI=1S/C20H38O2/c1-5-6-7-8-9-12-15-19(4)16-13-10-11-14-17-22-20(21)18(2)3/h19H,2,5-17H2,1,3-4H3. The summed E-state index contributed by atoms with van der Waals surface area (Å²) in [6.45, 7) is 10.5. The van der Waals surface area contributed by atoms with E-state index < -0.39 is 0 Å². The van der Waals surface area contributed by atoms with Gasteiger partial charge in [0.05, 0.1) is 6.61 Å². The number of unbranched alkanes of at least 4 members (excludes halogenated alkanes) is 8. The summed E-state index contributed by atoms with van der Waals surface area (Å²) in [7, 11) is 0. The fourth-order valence-electron chi connectivity index (χ4n) is 2.65. The minimum atomic E-state index is -0.257. The van der Waals surface area contributed by atoms with E-state index in [1.54, 1.807) is 6.92 Å². The first-order valence-electron chi connectivity index (χ1n) is 9.40. The van der Waals surface area contributed by atoms with E-state index in [1.807, 2.05) is 0 Å². The maximum Gasteiger partial charge on any atom is 0.333 e. The van der Waals surface area contributed by atoms with Crippen LogP contribution in [-0.4, -0.2) is 12.6 Å². The number of carbonyl (C=O) groups is 1. The van der Waals surface area contributed by atoms with E-state index in [-0.39, 0.29) is 5.97 Å². The molecule has 0 heterocycles. The zero-order valence-electron chi connectivity index (χ0n) is 15.3. The van der Waals surface area contributed by atoms with Crippen LogP contribution < -0.4 is 0 Å². The molecular weight excluding hydrogens is 272 g/mol. The fraction of sp³-hybridized carbons (Fsp3) is 0.850. The Morgan fingerprint density at radius 2 is 1.41 bits per heavy atom. The highest BCUT2D eigenvalue weighted by molar-refractivity contribution is 5.86. The van der Waals surface area contributed by atoms with Gasteiger partial charge in [0, 0.05) is 5.57 Å². The Bertz CT molecular complexity index is 283. The number of carbonyl (C=O) groups excluding carboxylic acids is 1. The molecule has 0 saturated heterocycles. The molecule has 0 fully saturated rings. The SMILES string of the molecule is C=C(C)C(=O)OCCCCCCC(C)CCCCCCCC. The lowest BCUT2D eigenvalue weighted by Crippen LogP contribution is -2.06. The number of esters is 1. The number of hydrogen-bond acceptors (Lipinski definition) is 2. The van der Waals surface area contributed by atoms with Crippen molar-refractivity contribution in [2.45, 2.75) is 97.8 Å². The van der Waals surface area contributed by atoms with Crippen molar-refractivity contribution < 1.29 is 9.53 Å². The summed E-state index contributed by atoms with van der Waals surface area (Å²) >= 11 is 0. The van der Waals surface area contributed by atoms with Crippen molar-refractivity contribution >= 4 is 5.97 Å². The second-order valence-corrected chi connectivity index (χ2v) is 6.78. The molecule has 1 unspecified atom stereocenters. The first kappa shape index (κ1) is 21.2. The van der Waals surface area contributed by atoms with Gasteiger partial charge >= 0.3 is 5.97 Å². The minimum Gasteiger partial charge on any atom is -0.462 e. The van der Waals surface area contributed by atoms with E-state index in [4.69, 9.17) is 4.74 Å². The van der Waals surface area contributed by atoms with Gasteiger partial charge in [0.2, 0.25) is 0 Å². The van der Waals surface area contributed by atoms with Gasteiger partial charge in [-0.15, -0.1) is 0 Å².